The van der Waals surface area contributed by atoms with Gasteiger partial charge in [0.05, 0.1) is 18.2 Å². The Bertz CT molecular complexity index is 1000. The summed E-state index contributed by atoms with van der Waals surface area (Å²) >= 11 is 1.54. The maximum atomic E-state index is 12.9. The van der Waals surface area contributed by atoms with Crippen molar-refractivity contribution in [1.82, 2.24) is 10.6 Å². The number of thioether (sulfide) groups is 1. The molecule has 1 atom stereocenters. The standard InChI is InChI=1S/C22H22N2O5S/c1-3-27-21(25)19-16(11-30-15-7-4-13(2)5-8-15)23-22(26)24-20(19)14-6-9-17-18(10-14)29-12-28-17/h4-10,20H,3,11-12H2,1-2H3,(H2,23,24,26). The summed E-state index contributed by atoms with van der Waals surface area (Å²) in [5.74, 6) is 1.17. The summed E-state index contributed by atoms with van der Waals surface area (Å²) in [4.78, 5) is 26.3. The lowest BCUT2D eigenvalue weighted by Crippen LogP contribution is -2.46. The number of fused-ring (bicyclic) bond motifs is 1. The van der Waals surface area contributed by atoms with E-state index in [1.165, 1.54) is 5.56 Å². The summed E-state index contributed by atoms with van der Waals surface area (Å²) in [5.41, 5.74) is 2.80. The minimum atomic E-state index is -0.652. The number of hydrogen-bond acceptors (Lipinski definition) is 6. The lowest BCUT2D eigenvalue weighted by atomic mass is 9.95. The fraction of sp³-hybridized carbons (Fsp3) is 0.273. The highest BCUT2D eigenvalue weighted by Crippen LogP contribution is 2.37. The van der Waals surface area contributed by atoms with Gasteiger partial charge in [-0.3, -0.25) is 0 Å². The highest BCUT2D eigenvalue weighted by molar-refractivity contribution is 7.99. The van der Waals surface area contributed by atoms with E-state index in [4.69, 9.17) is 14.2 Å². The van der Waals surface area contributed by atoms with Gasteiger partial charge in [-0.05, 0) is 43.7 Å². The van der Waals surface area contributed by atoms with E-state index in [2.05, 4.69) is 10.6 Å². The number of rotatable bonds is 6. The normalized spacial score (nSPS) is 17.4. The van der Waals surface area contributed by atoms with Crippen LogP contribution in [0.4, 0.5) is 4.79 Å². The summed E-state index contributed by atoms with van der Waals surface area (Å²) in [7, 11) is 0. The fourth-order valence-electron chi connectivity index (χ4n) is 3.31. The lowest BCUT2D eigenvalue weighted by molar-refractivity contribution is -0.139. The van der Waals surface area contributed by atoms with E-state index in [1.54, 1.807) is 30.8 Å². The first-order chi connectivity index (χ1) is 14.5. The van der Waals surface area contributed by atoms with E-state index in [9.17, 15) is 9.59 Å². The van der Waals surface area contributed by atoms with Crippen LogP contribution in [0.2, 0.25) is 0 Å². The number of benzene rings is 2. The molecule has 0 saturated carbocycles. The lowest BCUT2D eigenvalue weighted by Gasteiger charge is -2.29. The van der Waals surface area contributed by atoms with E-state index in [-0.39, 0.29) is 19.4 Å². The number of urea groups is 1. The van der Waals surface area contributed by atoms with Crippen molar-refractivity contribution >= 4 is 23.8 Å². The SMILES string of the molecule is CCOC(=O)C1=C(CSc2ccc(C)cc2)NC(=O)NC1c1ccc2c(c1)OCO2. The number of nitrogens with one attached hydrogen (secondary N) is 2. The second-order valence-electron chi connectivity index (χ2n) is 6.86. The van der Waals surface area contributed by atoms with Crippen LogP contribution in [-0.2, 0) is 9.53 Å². The third-order valence-corrected chi connectivity index (χ3v) is 5.82. The van der Waals surface area contributed by atoms with Crippen LogP contribution in [0.5, 0.6) is 11.5 Å². The molecule has 156 valence electrons. The van der Waals surface area contributed by atoms with Gasteiger partial charge in [-0.2, -0.15) is 0 Å². The van der Waals surface area contributed by atoms with Gasteiger partial charge >= 0.3 is 12.0 Å². The van der Waals surface area contributed by atoms with Gasteiger partial charge in [0.1, 0.15) is 0 Å². The van der Waals surface area contributed by atoms with Gasteiger partial charge in [0.2, 0.25) is 6.79 Å². The molecular formula is C22H22N2O5S. The first-order valence-corrected chi connectivity index (χ1v) is 10.6. The predicted octanol–water partition coefficient (Wildman–Crippen LogP) is 3.69. The summed E-state index contributed by atoms with van der Waals surface area (Å²) in [5, 5.41) is 5.63. The molecule has 0 fully saturated rings. The number of aryl methyl sites for hydroxylation is 1. The maximum absolute atomic E-state index is 12.9. The molecule has 0 radical (unpaired) electrons. The zero-order chi connectivity index (χ0) is 21.1. The highest BCUT2D eigenvalue weighted by atomic mass is 32.2. The molecule has 0 spiro atoms. The molecule has 30 heavy (non-hydrogen) atoms. The van der Waals surface area contributed by atoms with Gasteiger partial charge in [0, 0.05) is 16.3 Å². The molecule has 1 unspecified atom stereocenters. The fourth-order valence-corrected chi connectivity index (χ4v) is 4.18. The first kappa shape index (κ1) is 20.2. The molecule has 2 aromatic rings. The average Bonchev–Trinajstić information content (AvgIpc) is 3.21. The molecule has 0 aliphatic carbocycles. The third-order valence-electron chi connectivity index (χ3n) is 4.78. The van der Waals surface area contributed by atoms with Gasteiger partial charge < -0.3 is 24.8 Å². The van der Waals surface area contributed by atoms with Crippen molar-refractivity contribution in [2.24, 2.45) is 0 Å². The number of hydrogen-bond donors (Lipinski definition) is 2. The summed E-state index contributed by atoms with van der Waals surface area (Å²) in [6.45, 7) is 4.17. The second kappa shape index (κ2) is 8.71. The van der Waals surface area contributed by atoms with Crippen LogP contribution in [0, 0.1) is 6.92 Å². The van der Waals surface area contributed by atoms with Gasteiger partial charge in [-0.1, -0.05) is 23.8 Å². The predicted molar refractivity (Wildman–Crippen MR) is 113 cm³/mol. The minimum absolute atomic E-state index is 0.149. The van der Waals surface area contributed by atoms with E-state index in [1.807, 2.05) is 37.3 Å². The number of amides is 2. The molecule has 4 rings (SSSR count). The molecule has 7 nitrogen and oxygen atoms in total. The van der Waals surface area contributed by atoms with Crippen molar-refractivity contribution in [2.75, 3.05) is 19.2 Å². The molecule has 2 aliphatic rings. The van der Waals surface area contributed by atoms with Crippen LogP contribution in [-0.4, -0.2) is 31.2 Å². The topological polar surface area (TPSA) is 85.9 Å². The number of carbonyl (C=O) groups excluding carboxylic acids is 2. The number of ether oxygens (including phenoxy) is 3. The van der Waals surface area contributed by atoms with Crippen molar-refractivity contribution in [1.29, 1.82) is 0 Å². The van der Waals surface area contributed by atoms with Crippen LogP contribution in [0.25, 0.3) is 0 Å². The third kappa shape index (κ3) is 4.23. The molecular weight excluding hydrogens is 404 g/mol. The van der Waals surface area contributed by atoms with Gasteiger partial charge in [-0.25, -0.2) is 9.59 Å². The Hall–Kier alpha value is -3.13. The van der Waals surface area contributed by atoms with Crippen LogP contribution in [0.1, 0.15) is 24.1 Å². The van der Waals surface area contributed by atoms with Gasteiger partial charge in [0.25, 0.3) is 0 Å². The Kier molecular flexibility index (Phi) is 5.85. The van der Waals surface area contributed by atoms with Crippen molar-refractivity contribution in [3.63, 3.8) is 0 Å². The van der Waals surface area contributed by atoms with Crippen molar-refractivity contribution in [2.45, 2.75) is 24.8 Å². The summed E-state index contributed by atoms with van der Waals surface area (Å²) in [6.07, 6.45) is 0. The number of carbonyl (C=O) groups is 2. The quantitative estimate of drug-likeness (QED) is 0.541. The zero-order valence-electron chi connectivity index (χ0n) is 16.7. The number of esters is 1. The molecule has 2 heterocycles. The highest BCUT2D eigenvalue weighted by Gasteiger charge is 2.34. The van der Waals surface area contributed by atoms with E-state index in [0.29, 0.717) is 28.5 Å². The zero-order valence-corrected chi connectivity index (χ0v) is 17.5. The van der Waals surface area contributed by atoms with Crippen LogP contribution >= 0.6 is 11.8 Å². The monoisotopic (exact) mass is 426 g/mol. The van der Waals surface area contributed by atoms with Gasteiger partial charge in [-0.15, -0.1) is 11.8 Å². The Morgan fingerprint density at radius 2 is 1.93 bits per heavy atom. The minimum Gasteiger partial charge on any atom is -0.463 e. The average molecular weight is 426 g/mol. The van der Waals surface area contributed by atoms with Crippen molar-refractivity contribution in [3.05, 3.63) is 64.9 Å². The Morgan fingerprint density at radius 1 is 1.17 bits per heavy atom. The molecule has 2 aliphatic heterocycles. The Labute approximate surface area is 178 Å². The molecule has 2 aromatic carbocycles. The summed E-state index contributed by atoms with van der Waals surface area (Å²) < 4.78 is 16.1. The van der Waals surface area contributed by atoms with Gasteiger partial charge in [0.15, 0.2) is 11.5 Å². The molecule has 8 heteroatoms. The largest absolute Gasteiger partial charge is 0.463 e. The molecule has 0 bridgehead atoms. The smallest absolute Gasteiger partial charge is 0.338 e. The van der Waals surface area contributed by atoms with Crippen LogP contribution in [0.15, 0.2) is 58.6 Å². The van der Waals surface area contributed by atoms with E-state index in [0.717, 1.165) is 10.5 Å². The molecule has 2 amide bonds. The van der Waals surface area contributed by atoms with Crippen LogP contribution < -0.4 is 20.1 Å². The van der Waals surface area contributed by atoms with Crippen LogP contribution in [0.3, 0.4) is 0 Å². The molecule has 0 aromatic heterocycles. The van der Waals surface area contributed by atoms with E-state index >= 15 is 0 Å². The van der Waals surface area contributed by atoms with E-state index < -0.39 is 12.0 Å². The Morgan fingerprint density at radius 3 is 2.70 bits per heavy atom. The second-order valence-corrected chi connectivity index (χ2v) is 7.91. The summed E-state index contributed by atoms with van der Waals surface area (Å²) in [6, 6.07) is 12.4. The Balaban J connectivity index is 1.68. The molecule has 2 N–H and O–H groups in total. The molecule has 0 saturated heterocycles. The van der Waals surface area contributed by atoms with Crippen molar-refractivity contribution in [3.8, 4) is 11.5 Å². The first-order valence-electron chi connectivity index (χ1n) is 9.62. The maximum Gasteiger partial charge on any atom is 0.338 e. The van der Waals surface area contributed by atoms with Crippen molar-refractivity contribution < 1.29 is 23.8 Å².